The molecule has 0 saturated heterocycles. The lowest BCUT2D eigenvalue weighted by molar-refractivity contribution is -0.136. The highest BCUT2D eigenvalue weighted by Gasteiger charge is 2.14. The number of nitrogens with zero attached hydrogens (tertiary/aromatic N) is 1. The molecule has 0 fully saturated rings. The molecule has 0 atom stereocenters. The van der Waals surface area contributed by atoms with Crippen molar-refractivity contribution in [1.82, 2.24) is 5.43 Å². The molecule has 0 aliphatic rings. The van der Waals surface area contributed by atoms with Crippen LogP contribution in [0.25, 0.3) is 0 Å². The Morgan fingerprint density at radius 2 is 1.95 bits per heavy atom. The van der Waals surface area contributed by atoms with Gasteiger partial charge in [-0.3, -0.25) is 9.59 Å². The van der Waals surface area contributed by atoms with Crippen molar-refractivity contribution >= 4 is 35.3 Å². The predicted octanol–water partition coefficient (Wildman–Crippen LogP) is 2.64. The zero-order valence-corrected chi connectivity index (χ0v) is 12.8. The Balaban J connectivity index is 1.93. The molecule has 114 valence electrons. The Bertz CT molecular complexity index is 737. The number of halogens is 1. The fraction of sp³-hybridized carbons (Fsp3) is 0.133. The van der Waals surface area contributed by atoms with Crippen LogP contribution < -0.4 is 10.7 Å². The van der Waals surface area contributed by atoms with Gasteiger partial charge in [-0.2, -0.15) is 5.10 Å². The summed E-state index contributed by atoms with van der Waals surface area (Å²) in [6.45, 7) is 3.53. The number of benzene rings is 1. The van der Waals surface area contributed by atoms with Gasteiger partial charge in [-0.25, -0.2) is 5.43 Å². The van der Waals surface area contributed by atoms with Crippen molar-refractivity contribution in [2.75, 3.05) is 5.32 Å². The molecule has 1 aromatic heterocycles. The monoisotopic (exact) mass is 319 g/mol. The molecular formula is C15H14ClN3O3. The second-order valence-corrected chi connectivity index (χ2v) is 4.92. The van der Waals surface area contributed by atoms with Gasteiger partial charge in [-0.1, -0.05) is 17.7 Å². The molecular weight excluding hydrogens is 306 g/mol. The molecule has 6 nitrogen and oxygen atoms in total. The predicted molar refractivity (Wildman–Crippen MR) is 84.0 cm³/mol. The third-order valence-corrected chi connectivity index (χ3v) is 3.25. The largest absolute Gasteiger partial charge is 0.460 e. The second kappa shape index (κ2) is 6.91. The number of nitrogens with one attached hydrogen (secondary N) is 2. The van der Waals surface area contributed by atoms with Crippen molar-refractivity contribution in [1.29, 1.82) is 0 Å². The van der Waals surface area contributed by atoms with Gasteiger partial charge in [0.05, 0.1) is 6.21 Å². The maximum atomic E-state index is 11.8. The van der Waals surface area contributed by atoms with Gasteiger partial charge >= 0.3 is 11.8 Å². The molecule has 0 unspecified atom stereocenters. The minimum atomic E-state index is -0.890. The smallest absolute Gasteiger partial charge is 0.329 e. The van der Waals surface area contributed by atoms with E-state index >= 15 is 0 Å². The molecule has 2 amide bonds. The minimum absolute atomic E-state index is 0.471. The number of rotatable bonds is 3. The Morgan fingerprint density at radius 3 is 2.64 bits per heavy atom. The van der Waals surface area contributed by atoms with Crippen LogP contribution in [0.5, 0.6) is 0 Å². The SMILES string of the molecule is Cc1ccc(/C=N/NC(=O)C(=O)Nc2cccc(Cl)c2C)o1. The van der Waals surface area contributed by atoms with Crippen LogP contribution in [0.15, 0.2) is 39.9 Å². The molecule has 2 rings (SSSR count). The van der Waals surface area contributed by atoms with E-state index in [1.165, 1.54) is 6.21 Å². The van der Waals surface area contributed by atoms with E-state index in [2.05, 4.69) is 15.8 Å². The molecule has 0 aliphatic heterocycles. The number of amides is 2. The quantitative estimate of drug-likeness (QED) is 0.518. The van der Waals surface area contributed by atoms with Gasteiger partial charge in [0, 0.05) is 10.7 Å². The van der Waals surface area contributed by atoms with Crippen LogP contribution >= 0.6 is 11.6 Å². The minimum Gasteiger partial charge on any atom is -0.460 e. The van der Waals surface area contributed by atoms with Crippen LogP contribution in [-0.4, -0.2) is 18.0 Å². The standard InChI is InChI=1S/C15H14ClN3O3/c1-9-6-7-11(22-9)8-17-19-15(21)14(20)18-13-5-3-4-12(16)10(13)2/h3-8H,1-2H3,(H,18,20)(H,19,21)/b17-8+. The van der Waals surface area contributed by atoms with Crippen molar-refractivity contribution in [3.63, 3.8) is 0 Å². The van der Waals surface area contributed by atoms with Crippen molar-refractivity contribution in [3.05, 3.63) is 52.4 Å². The van der Waals surface area contributed by atoms with Crippen LogP contribution in [0.3, 0.4) is 0 Å². The number of anilines is 1. The van der Waals surface area contributed by atoms with Gasteiger partial charge in [0.1, 0.15) is 11.5 Å². The van der Waals surface area contributed by atoms with Crippen molar-refractivity contribution in [2.24, 2.45) is 5.10 Å². The molecule has 0 spiro atoms. The van der Waals surface area contributed by atoms with Crippen molar-refractivity contribution < 1.29 is 14.0 Å². The normalized spacial score (nSPS) is 10.7. The molecule has 1 heterocycles. The van der Waals surface area contributed by atoms with Crippen molar-refractivity contribution in [3.8, 4) is 0 Å². The highest BCUT2D eigenvalue weighted by atomic mass is 35.5. The van der Waals surface area contributed by atoms with Crippen LogP contribution in [-0.2, 0) is 9.59 Å². The molecule has 2 aromatic rings. The summed E-state index contributed by atoms with van der Waals surface area (Å²) in [7, 11) is 0. The Kier molecular flexibility index (Phi) is 4.95. The lowest BCUT2D eigenvalue weighted by atomic mass is 10.2. The number of furan rings is 1. The summed E-state index contributed by atoms with van der Waals surface area (Å²) in [5.41, 5.74) is 3.27. The number of carbonyl (C=O) groups is 2. The Morgan fingerprint density at radius 1 is 1.18 bits per heavy atom. The van der Waals surface area contributed by atoms with Gasteiger partial charge in [0.15, 0.2) is 0 Å². The third-order valence-electron chi connectivity index (χ3n) is 2.84. The number of hydrogen-bond acceptors (Lipinski definition) is 4. The first-order chi connectivity index (χ1) is 10.5. The number of carbonyl (C=O) groups excluding carboxylic acids is 2. The summed E-state index contributed by atoms with van der Waals surface area (Å²) in [4.78, 5) is 23.4. The van der Waals surface area contributed by atoms with Gasteiger partial charge in [0.2, 0.25) is 0 Å². The molecule has 7 heteroatoms. The first kappa shape index (κ1) is 15.8. The van der Waals surface area contributed by atoms with Crippen LogP contribution in [0.2, 0.25) is 5.02 Å². The lowest BCUT2D eigenvalue weighted by Crippen LogP contribution is -2.32. The van der Waals surface area contributed by atoms with E-state index in [9.17, 15) is 9.59 Å². The van der Waals surface area contributed by atoms with E-state index in [0.717, 1.165) is 5.76 Å². The molecule has 1 aromatic carbocycles. The van der Waals surface area contributed by atoms with E-state index in [0.29, 0.717) is 22.0 Å². The van der Waals surface area contributed by atoms with E-state index in [4.69, 9.17) is 16.0 Å². The maximum absolute atomic E-state index is 11.8. The van der Waals surface area contributed by atoms with Gasteiger partial charge < -0.3 is 9.73 Å². The first-order valence-electron chi connectivity index (χ1n) is 6.43. The second-order valence-electron chi connectivity index (χ2n) is 4.51. The van der Waals surface area contributed by atoms with E-state index in [1.54, 1.807) is 44.2 Å². The molecule has 0 aliphatic carbocycles. The molecule has 2 N–H and O–H groups in total. The van der Waals surface area contributed by atoms with Gasteiger partial charge in [0.25, 0.3) is 0 Å². The molecule has 0 bridgehead atoms. The highest BCUT2D eigenvalue weighted by molar-refractivity contribution is 6.40. The van der Waals surface area contributed by atoms with Gasteiger partial charge in [-0.05, 0) is 43.7 Å². The Labute approximate surface area is 132 Å². The fourth-order valence-electron chi connectivity index (χ4n) is 1.65. The average Bonchev–Trinajstić information content (AvgIpc) is 2.89. The Hall–Kier alpha value is -2.60. The topological polar surface area (TPSA) is 83.7 Å². The summed E-state index contributed by atoms with van der Waals surface area (Å²) < 4.78 is 5.23. The van der Waals surface area contributed by atoms with Crippen LogP contribution in [0.4, 0.5) is 5.69 Å². The molecule has 0 radical (unpaired) electrons. The number of hydrazone groups is 1. The number of hydrogen-bond donors (Lipinski definition) is 2. The summed E-state index contributed by atoms with van der Waals surface area (Å²) in [5, 5.41) is 6.63. The highest BCUT2D eigenvalue weighted by Crippen LogP contribution is 2.22. The number of aryl methyl sites for hydroxylation is 1. The fourth-order valence-corrected chi connectivity index (χ4v) is 1.82. The first-order valence-corrected chi connectivity index (χ1v) is 6.81. The molecule has 22 heavy (non-hydrogen) atoms. The summed E-state index contributed by atoms with van der Waals surface area (Å²) in [5.74, 6) is -0.525. The van der Waals surface area contributed by atoms with E-state index < -0.39 is 11.8 Å². The zero-order chi connectivity index (χ0) is 16.1. The zero-order valence-electron chi connectivity index (χ0n) is 12.0. The lowest BCUT2D eigenvalue weighted by Gasteiger charge is -2.08. The summed E-state index contributed by atoms with van der Waals surface area (Å²) in [6.07, 6.45) is 1.31. The molecule has 0 saturated carbocycles. The summed E-state index contributed by atoms with van der Waals surface area (Å²) >= 11 is 5.94. The van der Waals surface area contributed by atoms with Crippen molar-refractivity contribution in [2.45, 2.75) is 13.8 Å². The van der Waals surface area contributed by atoms with Crippen LogP contribution in [0, 0.1) is 13.8 Å². The average molecular weight is 320 g/mol. The van der Waals surface area contributed by atoms with Crippen LogP contribution in [0.1, 0.15) is 17.1 Å². The third kappa shape index (κ3) is 3.95. The van der Waals surface area contributed by atoms with E-state index in [-0.39, 0.29) is 0 Å². The maximum Gasteiger partial charge on any atom is 0.329 e. The van der Waals surface area contributed by atoms with Gasteiger partial charge in [-0.15, -0.1) is 0 Å². The summed E-state index contributed by atoms with van der Waals surface area (Å²) in [6, 6.07) is 8.49. The van der Waals surface area contributed by atoms with E-state index in [1.807, 2.05) is 0 Å².